The largest absolute Gasteiger partial charge is 0.493 e. The van der Waals surface area contributed by atoms with Gasteiger partial charge in [-0.3, -0.25) is 4.90 Å². The van der Waals surface area contributed by atoms with Gasteiger partial charge in [0, 0.05) is 28.6 Å². The first-order chi connectivity index (χ1) is 18.3. The number of hydrogen-bond acceptors (Lipinski definition) is 5. The first-order valence-electron chi connectivity index (χ1n) is 12.6. The number of carbonyl (C=O) groups excluding carboxylic acids is 1. The highest BCUT2D eigenvalue weighted by atomic mass is 19.1. The lowest BCUT2D eigenvalue weighted by Crippen LogP contribution is -2.42. The summed E-state index contributed by atoms with van der Waals surface area (Å²) < 4.78 is 24.8. The van der Waals surface area contributed by atoms with Crippen LogP contribution in [0.1, 0.15) is 35.3 Å². The topological polar surface area (TPSA) is 95.0 Å². The van der Waals surface area contributed by atoms with Crippen molar-refractivity contribution in [2.45, 2.75) is 26.3 Å². The third-order valence-electron chi connectivity index (χ3n) is 7.08. The molecule has 1 amide bonds. The molecule has 5 rings (SSSR count). The Kier molecular flexibility index (Phi) is 7.10. The molecule has 0 saturated heterocycles. The third kappa shape index (κ3) is 5.10. The maximum atomic E-state index is 13.4. The van der Waals surface area contributed by atoms with E-state index in [1.165, 1.54) is 29.8 Å². The second-order valence-electron chi connectivity index (χ2n) is 10.2. The summed E-state index contributed by atoms with van der Waals surface area (Å²) in [6, 6.07) is 18.6. The number of aliphatic hydroxyl groups excluding tert-OH is 2. The third-order valence-corrected chi connectivity index (χ3v) is 7.08. The van der Waals surface area contributed by atoms with E-state index >= 15 is 0 Å². The first-order valence-corrected chi connectivity index (χ1v) is 12.6. The molecule has 1 aliphatic rings. The number of amides is 1. The normalized spacial score (nSPS) is 15.4. The molecule has 0 radical (unpaired) electrons. The van der Waals surface area contributed by atoms with Crippen LogP contribution in [-0.4, -0.2) is 52.6 Å². The van der Waals surface area contributed by atoms with Crippen LogP contribution >= 0.6 is 0 Å². The Bertz CT molecular complexity index is 1430. The van der Waals surface area contributed by atoms with Gasteiger partial charge in [-0.25, -0.2) is 9.18 Å². The number of nitrogens with zero attached hydrogens (tertiary/aromatic N) is 1. The maximum Gasteiger partial charge on any atom is 0.416 e. The average molecular weight is 519 g/mol. The highest BCUT2D eigenvalue weighted by molar-refractivity contribution is 5.87. The van der Waals surface area contributed by atoms with Crippen LogP contribution in [0.2, 0.25) is 0 Å². The number of halogens is 1. The Morgan fingerprint density at radius 1 is 1.05 bits per heavy atom. The van der Waals surface area contributed by atoms with E-state index in [9.17, 15) is 19.4 Å². The summed E-state index contributed by atoms with van der Waals surface area (Å²) in [5.74, 6) is 0.456. The fraction of sp³-hybridized carbons (Fsp3) is 0.300. The van der Waals surface area contributed by atoms with Crippen LogP contribution in [0.4, 0.5) is 9.18 Å². The van der Waals surface area contributed by atoms with Gasteiger partial charge in [0.15, 0.2) is 0 Å². The van der Waals surface area contributed by atoms with Crippen LogP contribution in [0.3, 0.4) is 0 Å². The summed E-state index contributed by atoms with van der Waals surface area (Å²) in [7, 11) is 0. The molecule has 0 aliphatic carbocycles. The fourth-order valence-corrected chi connectivity index (χ4v) is 4.75. The number of nitrogens with one attached hydrogen (secondary N) is 1. The van der Waals surface area contributed by atoms with Crippen molar-refractivity contribution in [3.8, 4) is 11.5 Å². The Morgan fingerprint density at radius 2 is 1.74 bits per heavy atom. The maximum absolute atomic E-state index is 13.4. The van der Waals surface area contributed by atoms with Gasteiger partial charge >= 0.3 is 6.09 Å². The number of aromatic nitrogens is 1. The van der Waals surface area contributed by atoms with E-state index in [-0.39, 0.29) is 25.6 Å². The van der Waals surface area contributed by atoms with Crippen LogP contribution in [0.5, 0.6) is 11.5 Å². The zero-order valence-electron chi connectivity index (χ0n) is 21.4. The van der Waals surface area contributed by atoms with Crippen molar-refractivity contribution in [1.82, 2.24) is 9.88 Å². The van der Waals surface area contributed by atoms with Crippen molar-refractivity contribution in [2.75, 3.05) is 26.4 Å². The first kappa shape index (κ1) is 25.8. The molecule has 38 heavy (non-hydrogen) atoms. The SMILES string of the molecule is Cc1ccc2[nH]c3c(c2c1)CCN(C(=O)Oc1ccc(F)cc1)C3c1ccc(OCC(C)(CO)CO)cc1. The molecule has 4 aromatic rings. The van der Waals surface area contributed by atoms with Gasteiger partial charge in [-0.1, -0.05) is 30.7 Å². The zero-order valence-corrected chi connectivity index (χ0v) is 21.4. The number of ether oxygens (including phenoxy) is 2. The minimum Gasteiger partial charge on any atom is -0.493 e. The van der Waals surface area contributed by atoms with Crippen molar-refractivity contribution >= 4 is 17.0 Å². The summed E-state index contributed by atoms with van der Waals surface area (Å²) in [4.78, 5) is 18.6. The van der Waals surface area contributed by atoms with Crippen LogP contribution in [0.25, 0.3) is 10.9 Å². The molecule has 0 bridgehead atoms. The molecule has 1 unspecified atom stereocenters. The summed E-state index contributed by atoms with van der Waals surface area (Å²) in [6.07, 6.45) is 0.139. The Balaban J connectivity index is 1.48. The standard InChI is InChI=1S/C30H31FN2O5/c1-19-3-12-26-25(15-19)24-13-14-33(29(36)38-23-10-6-21(31)7-11-23)28(27(24)32-26)20-4-8-22(9-5-20)37-18-30(2,16-34)17-35/h3-12,15,28,32,34-35H,13-14,16-18H2,1-2H3. The lowest BCUT2D eigenvalue weighted by atomic mass is 9.92. The van der Waals surface area contributed by atoms with Gasteiger partial charge in [0.25, 0.3) is 0 Å². The molecule has 3 aromatic carbocycles. The number of aromatic amines is 1. The van der Waals surface area contributed by atoms with Crippen molar-refractivity contribution < 1.29 is 28.9 Å². The van der Waals surface area contributed by atoms with E-state index in [4.69, 9.17) is 9.47 Å². The second kappa shape index (κ2) is 10.5. The van der Waals surface area contributed by atoms with Crippen molar-refractivity contribution in [2.24, 2.45) is 5.41 Å². The van der Waals surface area contributed by atoms with Gasteiger partial charge in [-0.2, -0.15) is 0 Å². The minimum atomic E-state index is -0.750. The quantitative estimate of drug-likeness (QED) is 0.315. The van der Waals surface area contributed by atoms with Gasteiger partial charge in [-0.15, -0.1) is 0 Å². The van der Waals surface area contributed by atoms with E-state index in [0.29, 0.717) is 18.7 Å². The molecule has 1 aromatic heterocycles. The summed E-state index contributed by atoms with van der Waals surface area (Å²) in [6.45, 7) is 4.01. The van der Waals surface area contributed by atoms with Crippen molar-refractivity contribution in [3.05, 3.63) is 94.9 Å². The highest BCUT2D eigenvalue weighted by Crippen LogP contribution is 2.39. The number of H-pyrrole nitrogens is 1. The molecular formula is C30H31FN2O5. The van der Waals surface area contributed by atoms with Crippen LogP contribution in [-0.2, 0) is 6.42 Å². The summed E-state index contributed by atoms with van der Waals surface area (Å²) >= 11 is 0. The van der Waals surface area contributed by atoms with Crippen LogP contribution < -0.4 is 9.47 Å². The molecule has 7 nitrogen and oxygen atoms in total. The van der Waals surface area contributed by atoms with E-state index < -0.39 is 23.4 Å². The molecule has 198 valence electrons. The smallest absolute Gasteiger partial charge is 0.416 e. The van der Waals surface area contributed by atoms with E-state index in [1.54, 1.807) is 11.8 Å². The lowest BCUT2D eigenvalue weighted by molar-refractivity contribution is 0.0287. The van der Waals surface area contributed by atoms with Crippen molar-refractivity contribution in [3.63, 3.8) is 0 Å². The molecule has 3 N–H and O–H groups in total. The van der Waals surface area contributed by atoms with Gasteiger partial charge in [0.1, 0.15) is 23.4 Å². The molecule has 0 fully saturated rings. The Hall–Kier alpha value is -3.88. The molecule has 0 spiro atoms. The van der Waals surface area contributed by atoms with E-state index in [0.717, 1.165) is 27.7 Å². The number of fused-ring (bicyclic) bond motifs is 3. The number of benzene rings is 3. The van der Waals surface area contributed by atoms with Crippen molar-refractivity contribution in [1.29, 1.82) is 0 Å². The van der Waals surface area contributed by atoms with Crippen LogP contribution in [0.15, 0.2) is 66.7 Å². The van der Waals surface area contributed by atoms with Gasteiger partial charge < -0.3 is 24.7 Å². The molecular weight excluding hydrogens is 487 g/mol. The van der Waals surface area contributed by atoms with E-state index in [2.05, 4.69) is 30.1 Å². The average Bonchev–Trinajstić information content (AvgIpc) is 3.30. The Labute approximate surface area is 220 Å². The number of hydrogen-bond donors (Lipinski definition) is 3. The van der Waals surface area contributed by atoms with Gasteiger partial charge in [0.05, 0.1) is 19.8 Å². The summed E-state index contributed by atoms with van der Waals surface area (Å²) in [5, 5.41) is 20.2. The highest BCUT2D eigenvalue weighted by Gasteiger charge is 2.36. The number of aryl methyl sites for hydroxylation is 1. The van der Waals surface area contributed by atoms with Gasteiger partial charge in [-0.05, 0) is 73.0 Å². The lowest BCUT2D eigenvalue weighted by Gasteiger charge is -2.35. The van der Waals surface area contributed by atoms with Gasteiger partial charge in [0.2, 0.25) is 0 Å². The molecule has 1 atom stereocenters. The molecule has 2 heterocycles. The molecule has 1 aliphatic heterocycles. The predicted molar refractivity (Wildman–Crippen MR) is 142 cm³/mol. The molecule has 8 heteroatoms. The zero-order chi connectivity index (χ0) is 26.9. The fourth-order valence-electron chi connectivity index (χ4n) is 4.75. The monoisotopic (exact) mass is 518 g/mol. The van der Waals surface area contributed by atoms with E-state index in [1.807, 2.05) is 24.3 Å². The molecule has 0 saturated carbocycles. The predicted octanol–water partition coefficient (Wildman–Crippen LogP) is 5.13. The van der Waals surface area contributed by atoms with Crippen LogP contribution in [0, 0.1) is 18.2 Å². The summed E-state index contributed by atoms with van der Waals surface area (Å²) in [5.41, 5.74) is 4.38. The number of rotatable bonds is 7. The minimum absolute atomic E-state index is 0.157. The number of carbonyl (C=O) groups is 1. The number of aliphatic hydroxyl groups is 2. The Morgan fingerprint density at radius 3 is 2.42 bits per heavy atom. The second-order valence-corrected chi connectivity index (χ2v) is 10.2.